The van der Waals surface area contributed by atoms with E-state index in [1.807, 2.05) is 0 Å². The van der Waals surface area contributed by atoms with E-state index >= 15 is 0 Å². The number of nitrogens with zero attached hydrogens (tertiary/aromatic N) is 1. The lowest BCUT2D eigenvalue weighted by molar-refractivity contribution is -0.0890. The first-order chi connectivity index (χ1) is 11.1. The Hall–Kier alpha value is -2.12. The van der Waals surface area contributed by atoms with Crippen LogP contribution in [0, 0.1) is 0 Å². The van der Waals surface area contributed by atoms with E-state index in [0.717, 1.165) is 5.06 Å². The van der Waals surface area contributed by atoms with E-state index in [9.17, 15) is 9.59 Å². The largest absolute Gasteiger partial charge is 0.496 e. The Morgan fingerprint density at radius 3 is 1.87 bits per heavy atom. The minimum atomic E-state index is -0.496. The van der Waals surface area contributed by atoms with Crippen LogP contribution in [0.3, 0.4) is 0 Å². The number of benzene rings is 2. The molecule has 0 aromatic heterocycles. The molecule has 2 aromatic carbocycles. The van der Waals surface area contributed by atoms with Gasteiger partial charge < -0.3 is 9.47 Å². The molecule has 23 heavy (non-hydrogen) atoms. The Bertz CT molecular complexity index is 746. The highest BCUT2D eigenvalue weighted by molar-refractivity contribution is 9.09. The number of amides is 2. The fourth-order valence-electron chi connectivity index (χ4n) is 2.68. The zero-order valence-electron chi connectivity index (χ0n) is 12.6. The molecule has 1 heterocycles. The van der Waals surface area contributed by atoms with Crippen LogP contribution in [0.4, 0.5) is 0 Å². The Morgan fingerprint density at radius 1 is 0.913 bits per heavy atom. The number of carbonyl (C=O) groups excluding carboxylic acids is 2. The molecular weight excluding hydrogens is 366 g/mol. The summed E-state index contributed by atoms with van der Waals surface area (Å²) in [7, 11) is 3.06. The lowest BCUT2D eigenvalue weighted by atomic mass is 9.94. The molecule has 3 rings (SSSR count). The van der Waals surface area contributed by atoms with Crippen molar-refractivity contribution in [2.24, 2.45) is 0 Å². The molecule has 1 aliphatic rings. The van der Waals surface area contributed by atoms with E-state index < -0.39 is 11.8 Å². The van der Waals surface area contributed by atoms with E-state index in [1.165, 1.54) is 14.2 Å². The summed E-state index contributed by atoms with van der Waals surface area (Å²) in [4.78, 5) is 30.5. The summed E-state index contributed by atoms with van der Waals surface area (Å²) < 4.78 is 10.7. The van der Waals surface area contributed by atoms with E-state index in [-0.39, 0.29) is 6.61 Å². The number of imide groups is 1. The van der Waals surface area contributed by atoms with E-state index in [2.05, 4.69) is 15.9 Å². The fourth-order valence-corrected chi connectivity index (χ4v) is 2.83. The monoisotopic (exact) mass is 379 g/mol. The number of rotatable bonds is 5. The fraction of sp³-hybridized carbons (Fsp3) is 0.250. The van der Waals surface area contributed by atoms with Gasteiger partial charge in [-0.25, -0.2) is 0 Å². The van der Waals surface area contributed by atoms with Gasteiger partial charge in [0.1, 0.15) is 11.5 Å². The lowest BCUT2D eigenvalue weighted by Crippen LogP contribution is -2.40. The molecule has 0 fully saturated rings. The highest BCUT2D eigenvalue weighted by Crippen LogP contribution is 2.40. The van der Waals surface area contributed by atoms with Gasteiger partial charge >= 0.3 is 0 Å². The molecule has 0 N–H and O–H groups in total. The van der Waals surface area contributed by atoms with Gasteiger partial charge in [-0.05, 0) is 24.3 Å². The molecule has 0 radical (unpaired) electrons. The molecule has 1 aliphatic heterocycles. The number of hydroxylamine groups is 2. The van der Waals surface area contributed by atoms with Gasteiger partial charge in [0.25, 0.3) is 11.8 Å². The second kappa shape index (κ2) is 6.17. The minimum absolute atomic E-state index is 0.211. The zero-order valence-corrected chi connectivity index (χ0v) is 14.2. The maximum Gasteiger partial charge on any atom is 0.285 e. The first kappa shape index (κ1) is 15.8. The number of halogens is 1. The van der Waals surface area contributed by atoms with Crippen LogP contribution in [0.25, 0.3) is 10.8 Å². The van der Waals surface area contributed by atoms with Gasteiger partial charge in [-0.2, -0.15) is 0 Å². The summed E-state index contributed by atoms with van der Waals surface area (Å²) >= 11 is 3.21. The van der Waals surface area contributed by atoms with Crippen LogP contribution < -0.4 is 9.47 Å². The number of alkyl halides is 1. The number of carbonyl (C=O) groups is 2. The summed E-state index contributed by atoms with van der Waals surface area (Å²) in [6.45, 7) is 0.211. The van der Waals surface area contributed by atoms with Crippen LogP contribution in [-0.4, -0.2) is 43.0 Å². The predicted octanol–water partition coefficient (Wildman–Crippen LogP) is 2.78. The van der Waals surface area contributed by atoms with Gasteiger partial charge in [-0.1, -0.05) is 15.9 Å². The molecule has 6 nitrogen and oxygen atoms in total. The smallest absolute Gasteiger partial charge is 0.285 e. The van der Waals surface area contributed by atoms with Crippen molar-refractivity contribution in [3.8, 4) is 11.5 Å². The van der Waals surface area contributed by atoms with Crippen molar-refractivity contribution in [3.05, 3.63) is 35.4 Å². The van der Waals surface area contributed by atoms with Crippen LogP contribution in [0.5, 0.6) is 11.5 Å². The Kier molecular flexibility index (Phi) is 4.23. The first-order valence-corrected chi connectivity index (χ1v) is 8.01. The molecule has 0 unspecified atom stereocenters. The summed E-state index contributed by atoms with van der Waals surface area (Å²) in [5.41, 5.74) is 0.757. The molecule has 0 saturated heterocycles. The second-order valence-electron chi connectivity index (χ2n) is 4.81. The van der Waals surface area contributed by atoms with Gasteiger partial charge in [0.05, 0.1) is 37.3 Å². The van der Waals surface area contributed by atoms with Crippen molar-refractivity contribution in [2.75, 3.05) is 26.2 Å². The molecule has 2 aromatic rings. The maximum atomic E-state index is 12.6. The van der Waals surface area contributed by atoms with Gasteiger partial charge in [-0.15, -0.1) is 5.06 Å². The summed E-state index contributed by atoms with van der Waals surface area (Å²) in [5, 5.41) is 2.44. The highest BCUT2D eigenvalue weighted by Gasteiger charge is 2.35. The molecule has 2 amide bonds. The average Bonchev–Trinajstić information content (AvgIpc) is 2.58. The van der Waals surface area contributed by atoms with Crippen molar-refractivity contribution in [1.82, 2.24) is 5.06 Å². The van der Waals surface area contributed by atoms with Crippen molar-refractivity contribution >= 4 is 38.5 Å². The SMILES string of the molecule is COc1ccc2c3c(ccc(OC)c13)C(=O)N(OCCBr)C2=O. The van der Waals surface area contributed by atoms with Crippen LogP contribution in [-0.2, 0) is 4.84 Å². The Balaban J connectivity index is 2.29. The Morgan fingerprint density at radius 2 is 1.43 bits per heavy atom. The molecule has 0 spiro atoms. The standard InChI is InChI=1S/C16H14BrNO5/c1-21-11-5-3-9-13-10(4-6-12(22-2)14(11)13)16(20)18(15(9)19)23-8-7-17/h3-6H,7-8H2,1-2H3. The van der Waals surface area contributed by atoms with Crippen LogP contribution >= 0.6 is 15.9 Å². The quantitative estimate of drug-likeness (QED) is 0.590. The predicted molar refractivity (Wildman–Crippen MR) is 87.3 cm³/mol. The molecule has 0 aliphatic carbocycles. The maximum absolute atomic E-state index is 12.6. The normalized spacial score (nSPS) is 13.6. The zero-order chi connectivity index (χ0) is 16.6. The third-order valence-electron chi connectivity index (χ3n) is 3.65. The number of ether oxygens (including phenoxy) is 2. The minimum Gasteiger partial charge on any atom is -0.496 e. The lowest BCUT2D eigenvalue weighted by Gasteiger charge is -2.26. The molecule has 120 valence electrons. The van der Waals surface area contributed by atoms with E-state index in [4.69, 9.17) is 14.3 Å². The van der Waals surface area contributed by atoms with E-state index in [1.54, 1.807) is 24.3 Å². The third-order valence-corrected chi connectivity index (χ3v) is 3.98. The number of methoxy groups -OCH3 is 2. The summed E-state index contributed by atoms with van der Waals surface area (Å²) in [6, 6.07) is 6.62. The summed E-state index contributed by atoms with van der Waals surface area (Å²) in [5.74, 6) is 0.0875. The topological polar surface area (TPSA) is 65.1 Å². The molecular formula is C16H14BrNO5. The Labute approximate surface area is 141 Å². The average molecular weight is 380 g/mol. The van der Waals surface area contributed by atoms with Crippen molar-refractivity contribution < 1.29 is 23.9 Å². The number of hydrogen-bond acceptors (Lipinski definition) is 5. The van der Waals surface area contributed by atoms with Gasteiger partial charge in [0, 0.05) is 10.7 Å². The van der Waals surface area contributed by atoms with Crippen LogP contribution in [0.15, 0.2) is 24.3 Å². The molecule has 0 bridgehead atoms. The molecule has 7 heteroatoms. The molecule has 0 saturated carbocycles. The number of hydrogen-bond donors (Lipinski definition) is 0. The highest BCUT2D eigenvalue weighted by atomic mass is 79.9. The summed E-state index contributed by atoms with van der Waals surface area (Å²) in [6.07, 6.45) is 0. The van der Waals surface area contributed by atoms with Crippen LogP contribution in [0.1, 0.15) is 20.7 Å². The van der Waals surface area contributed by atoms with Crippen molar-refractivity contribution in [1.29, 1.82) is 0 Å². The first-order valence-electron chi connectivity index (χ1n) is 6.89. The van der Waals surface area contributed by atoms with Gasteiger partial charge in [0.15, 0.2) is 0 Å². The van der Waals surface area contributed by atoms with Crippen LogP contribution in [0.2, 0.25) is 0 Å². The third kappa shape index (κ3) is 2.36. The van der Waals surface area contributed by atoms with Gasteiger partial charge in [-0.3, -0.25) is 14.4 Å². The molecule has 0 atom stereocenters. The van der Waals surface area contributed by atoms with E-state index in [0.29, 0.717) is 38.7 Å². The van der Waals surface area contributed by atoms with Crippen molar-refractivity contribution in [3.63, 3.8) is 0 Å². The van der Waals surface area contributed by atoms with Crippen molar-refractivity contribution in [2.45, 2.75) is 0 Å². The van der Waals surface area contributed by atoms with Gasteiger partial charge in [0.2, 0.25) is 0 Å². The second-order valence-corrected chi connectivity index (χ2v) is 5.60.